The second-order valence-corrected chi connectivity index (χ2v) is 7.32. The molecular formula is C10H10Br2S2. The van der Waals surface area contributed by atoms with E-state index in [9.17, 15) is 0 Å². The smallest absolute Gasteiger partial charge is 0.0712 e. The Kier molecular flexibility index (Phi) is 5.38. The van der Waals surface area contributed by atoms with Crippen molar-refractivity contribution in [2.75, 3.05) is 0 Å². The maximum absolute atomic E-state index is 3.40. The fraction of sp³-hybridized carbons (Fsp3) is 0.200. The van der Waals surface area contributed by atoms with Crippen LogP contribution in [-0.2, 0) is 0 Å². The van der Waals surface area contributed by atoms with Crippen LogP contribution in [0.1, 0.15) is 9.75 Å². The lowest BCUT2D eigenvalue weighted by atomic mass is 10.5. The van der Waals surface area contributed by atoms with Crippen LogP contribution >= 0.6 is 54.5 Å². The molecular weight excluding hydrogens is 344 g/mol. The van der Waals surface area contributed by atoms with Gasteiger partial charge in [0.25, 0.3) is 0 Å². The zero-order valence-electron chi connectivity index (χ0n) is 7.88. The first-order valence-corrected chi connectivity index (χ1v) is 7.29. The molecule has 0 N–H and O–H groups in total. The molecule has 2 aromatic heterocycles. The van der Waals surface area contributed by atoms with Gasteiger partial charge in [-0.25, -0.2) is 0 Å². The predicted octanol–water partition coefficient (Wildman–Crippen LogP) is 5.64. The minimum absolute atomic E-state index is 1.18. The molecule has 0 aromatic carbocycles. The summed E-state index contributed by atoms with van der Waals surface area (Å²) in [6.07, 6.45) is 0. The molecule has 0 unspecified atom stereocenters. The standard InChI is InChI=1S/C5H4Br2S.C5H6S/c1-3-4(6)2-5(7)8-3;1-5-3-2-4-6-5/h2H,1H3;2-4H,1H3. The Hall–Kier alpha value is 0.360. The first-order chi connectivity index (χ1) is 6.59. The Morgan fingerprint density at radius 1 is 1.21 bits per heavy atom. The summed E-state index contributed by atoms with van der Waals surface area (Å²) < 4.78 is 2.37. The van der Waals surface area contributed by atoms with E-state index in [-0.39, 0.29) is 0 Å². The van der Waals surface area contributed by atoms with Gasteiger partial charge >= 0.3 is 0 Å². The number of hydrogen-bond acceptors (Lipinski definition) is 2. The second-order valence-electron chi connectivity index (χ2n) is 2.68. The number of aryl methyl sites for hydroxylation is 2. The van der Waals surface area contributed by atoms with Crippen molar-refractivity contribution in [1.29, 1.82) is 0 Å². The van der Waals surface area contributed by atoms with Crippen molar-refractivity contribution >= 4 is 54.5 Å². The molecule has 4 heteroatoms. The van der Waals surface area contributed by atoms with E-state index >= 15 is 0 Å². The van der Waals surface area contributed by atoms with Crippen molar-refractivity contribution in [2.24, 2.45) is 0 Å². The lowest BCUT2D eigenvalue weighted by Crippen LogP contribution is -1.53. The van der Waals surface area contributed by atoms with Crippen LogP contribution in [0.3, 0.4) is 0 Å². The van der Waals surface area contributed by atoms with E-state index in [0.717, 1.165) is 0 Å². The third kappa shape index (κ3) is 4.26. The molecule has 2 rings (SSSR count). The Bertz CT molecular complexity index is 357. The second kappa shape index (κ2) is 6.05. The van der Waals surface area contributed by atoms with Gasteiger partial charge in [-0.05, 0) is 63.2 Å². The molecule has 0 bridgehead atoms. The molecule has 0 spiro atoms. The predicted molar refractivity (Wildman–Crippen MR) is 73.5 cm³/mol. The fourth-order valence-corrected chi connectivity index (χ4v) is 3.83. The van der Waals surface area contributed by atoms with E-state index < -0.39 is 0 Å². The van der Waals surface area contributed by atoms with E-state index in [1.165, 1.54) is 18.0 Å². The summed E-state index contributed by atoms with van der Waals surface area (Å²) >= 11 is 10.3. The number of hydrogen-bond donors (Lipinski definition) is 0. The maximum atomic E-state index is 3.40. The largest absolute Gasteiger partial charge is 0.149 e. The summed E-state index contributed by atoms with van der Waals surface area (Å²) in [6.45, 7) is 4.18. The van der Waals surface area contributed by atoms with Crippen LogP contribution in [0.4, 0.5) is 0 Å². The molecule has 14 heavy (non-hydrogen) atoms. The first kappa shape index (κ1) is 12.4. The molecule has 0 atom stereocenters. The minimum Gasteiger partial charge on any atom is -0.149 e. The lowest BCUT2D eigenvalue weighted by molar-refractivity contribution is 1.59. The molecule has 0 fully saturated rings. The van der Waals surface area contributed by atoms with Crippen LogP contribution < -0.4 is 0 Å². The third-order valence-corrected chi connectivity index (χ3v) is 4.93. The summed E-state index contributed by atoms with van der Waals surface area (Å²) in [5.41, 5.74) is 0. The molecule has 0 aliphatic heterocycles. The first-order valence-electron chi connectivity index (χ1n) is 4.01. The van der Waals surface area contributed by atoms with Gasteiger partial charge < -0.3 is 0 Å². The Labute approximate surface area is 109 Å². The molecule has 76 valence electrons. The molecule has 0 aliphatic carbocycles. The maximum Gasteiger partial charge on any atom is 0.0712 e. The van der Waals surface area contributed by atoms with Gasteiger partial charge in [0, 0.05) is 14.2 Å². The average molecular weight is 354 g/mol. The topological polar surface area (TPSA) is 0 Å². The van der Waals surface area contributed by atoms with Gasteiger partial charge in [0.1, 0.15) is 0 Å². The molecule has 0 amide bonds. The number of halogens is 2. The lowest BCUT2D eigenvalue weighted by Gasteiger charge is -1.77. The molecule has 0 saturated heterocycles. The highest BCUT2D eigenvalue weighted by atomic mass is 79.9. The average Bonchev–Trinajstić information content (AvgIpc) is 2.65. The van der Waals surface area contributed by atoms with Gasteiger partial charge in [0.05, 0.1) is 3.79 Å². The highest BCUT2D eigenvalue weighted by Gasteiger charge is 1.96. The number of thiophene rings is 2. The van der Waals surface area contributed by atoms with Gasteiger partial charge in [0.2, 0.25) is 0 Å². The summed E-state index contributed by atoms with van der Waals surface area (Å²) in [7, 11) is 0. The van der Waals surface area contributed by atoms with Crippen LogP contribution in [0, 0.1) is 13.8 Å². The highest BCUT2D eigenvalue weighted by molar-refractivity contribution is 9.11. The van der Waals surface area contributed by atoms with Crippen LogP contribution in [0.25, 0.3) is 0 Å². The van der Waals surface area contributed by atoms with Gasteiger partial charge in [-0.1, -0.05) is 6.07 Å². The van der Waals surface area contributed by atoms with E-state index in [1.54, 1.807) is 22.7 Å². The summed E-state index contributed by atoms with van der Waals surface area (Å²) in [6, 6.07) is 6.21. The zero-order valence-corrected chi connectivity index (χ0v) is 12.7. The Morgan fingerprint density at radius 2 is 1.93 bits per heavy atom. The van der Waals surface area contributed by atoms with E-state index in [2.05, 4.69) is 69.3 Å². The van der Waals surface area contributed by atoms with E-state index in [4.69, 9.17) is 0 Å². The SMILES string of the molecule is Cc1cccs1.Cc1sc(Br)cc1Br. The van der Waals surface area contributed by atoms with Gasteiger partial charge in [-0.2, -0.15) is 0 Å². The van der Waals surface area contributed by atoms with Crippen molar-refractivity contribution in [3.63, 3.8) is 0 Å². The highest BCUT2D eigenvalue weighted by Crippen LogP contribution is 2.29. The van der Waals surface area contributed by atoms with E-state index in [1.807, 2.05) is 0 Å². The van der Waals surface area contributed by atoms with Gasteiger partial charge in [0.15, 0.2) is 0 Å². The van der Waals surface area contributed by atoms with Gasteiger partial charge in [-0.15, -0.1) is 22.7 Å². The van der Waals surface area contributed by atoms with Crippen molar-refractivity contribution in [1.82, 2.24) is 0 Å². The van der Waals surface area contributed by atoms with Crippen LogP contribution in [-0.4, -0.2) is 0 Å². The third-order valence-electron chi connectivity index (χ3n) is 1.49. The summed E-state index contributed by atoms with van der Waals surface area (Å²) in [4.78, 5) is 2.70. The quantitative estimate of drug-likeness (QED) is 0.575. The van der Waals surface area contributed by atoms with Crippen LogP contribution in [0.2, 0.25) is 0 Å². The molecule has 2 aromatic rings. The van der Waals surface area contributed by atoms with Crippen molar-refractivity contribution < 1.29 is 0 Å². The number of rotatable bonds is 0. The Morgan fingerprint density at radius 3 is 2.07 bits per heavy atom. The van der Waals surface area contributed by atoms with Crippen LogP contribution in [0.5, 0.6) is 0 Å². The molecule has 0 radical (unpaired) electrons. The van der Waals surface area contributed by atoms with Crippen molar-refractivity contribution in [3.8, 4) is 0 Å². The zero-order chi connectivity index (χ0) is 10.6. The van der Waals surface area contributed by atoms with Gasteiger partial charge in [-0.3, -0.25) is 0 Å². The molecule has 2 heterocycles. The summed E-state index contributed by atoms with van der Waals surface area (Å²) in [5.74, 6) is 0. The van der Waals surface area contributed by atoms with E-state index in [0.29, 0.717) is 0 Å². The minimum atomic E-state index is 1.18. The van der Waals surface area contributed by atoms with Crippen molar-refractivity contribution in [3.05, 3.63) is 41.6 Å². The van der Waals surface area contributed by atoms with Crippen molar-refractivity contribution in [2.45, 2.75) is 13.8 Å². The molecule has 0 saturated carbocycles. The monoisotopic (exact) mass is 352 g/mol. The molecule has 0 aliphatic rings. The summed E-state index contributed by atoms with van der Waals surface area (Å²) in [5, 5.41) is 2.08. The normalized spacial score (nSPS) is 9.43. The Balaban J connectivity index is 0.000000146. The van der Waals surface area contributed by atoms with Crippen LogP contribution in [0.15, 0.2) is 31.8 Å². The molecule has 0 nitrogen and oxygen atoms in total. The fourth-order valence-electron chi connectivity index (χ4n) is 0.786.